The third kappa shape index (κ3) is 3.85. The van der Waals surface area contributed by atoms with Crippen molar-refractivity contribution in [2.75, 3.05) is 0 Å². The third-order valence-electron chi connectivity index (χ3n) is 5.52. The van der Waals surface area contributed by atoms with Crippen LogP contribution >= 0.6 is 0 Å². The Hall–Kier alpha value is -3.22. The summed E-state index contributed by atoms with van der Waals surface area (Å²) in [4.78, 5) is 41.8. The lowest BCUT2D eigenvalue weighted by molar-refractivity contribution is 0.0919. The van der Waals surface area contributed by atoms with Gasteiger partial charge in [-0.3, -0.25) is 18.7 Å². The standard InChI is InChI=1S/C22H26N4O3/c1-5-14(6-2)18(15-10-8-7-9-11-15)24-20(27)16-12-17-19(23-13-16)25(3)22(29)26(4)21(17)28/h7-14,18H,5-6H2,1-4H3,(H,24,27). The van der Waals surface area contributed by atoms with Gasteiger partial charge in [0.15, 0.2) is 0 Å². The molecule has 29 heavy (non-hydrogen) atoms. The number of aromatic nitrogens is 3. The normalized spacial score (nSPS) is 12.3. The number of benzene rings is 1. The van der Waals surface area contributed by atoms with Gasteiger partial charge >= 0.3 is 5.69 Å². The van der Waals surface area contributed by atoms with E-state index in [1.165, 1.54) is 23.9 Å². The number of hydrogen-bond donors (Lipinski definition) is 1. The Balaban J connectivity index is 2.01. The zero-order valence-electron chi connectivity index (χ0n) is 17.2. The summed E-state index contributed by atoms with van der Waals surface area (Å²) in [6.45, 7) is 4.22. The summed E-state index contributed by atoms with van der Waals surface area (Å²) in [6.07, 6.45) is 3.26. The van der Waals surface area contributed by atoms with Crippen LogP contribution in [0.25, 0.3) is 11.0 Å². The molecule has 1 amide bonds. The SMILES string of the molecule is CCC(CC)C(NC(=O)c1cnc2c(c1)c(=O)n(C)c(=O)n2C)c1ccccc1. The molecule has 0 bridgehead atoms. The molecule has 0 radical (unpaired) electrons. The second-order valence-electron chi connectivity index (χ2n) is 7.24. The average molecular weight is 394 g/mol. The molecule has 152 valence electrons. The molecule has 2 heterocycles. The van der Waals surface area contributed by atoms with Crippen LogP contribution in [0.1, 0.15) is 48.7 Å². The minimum Gasteiger partial charge on any atom is -0.345 e. The Bertz CT molecular complexity index is 1140. The van der Waals surface area contributed by atoms with E-state index in [9.17, 15) is 14.4 Å². The van der Waals surface area contributed by atoms with Crippen molar-refractivity contribution in [2.45, 2.75) is 32.7 Å². The van der Waals surface area contributed by atoms with Gasteiger partial charge < -0.3 is 5.32 Å². The highest BCUT2D eigenvalue weighted by Crippen LogP contribution is 2.27. The number of nitrogens with zero attached hydrogens (tertiary/aromatic N) is 3. The fourth-order valence-corrected chi connectivity index (χ4v) is 3.71. The number of aryl methyl sites for hydroxylation is 1. The molecule has 1 unspecified atom stereocenters. The number of rotatable bonds is 6. The fourth-order valence-electron chi connectivity index (χ4n) is 3.71. The monoisotopic (exact) mass is 394 g/mol. The maximum Gasteiger partial charge on any atom is 0.332 e. The van der Waals surface area contributed by atoms with Crippen LogP contribution in [0.3, 0.4) is 0 Å². The topological polar surface area (TPSA) is 86.0 Å². The fraction of sp³-hybridized carbons (Fsp3) is 0.364. The number of carbonyl (C=O) groups excluding carboxylic acids is 1. The van der Waals surface area contributed by atoms with E-state index in [1.807, 2.05) is 30.3 Å². The van der Waals surface area contributed by atoms with Gasteiger partial charge in [0.2, 0.25) is 0 Å². The van der Waals surface area contributed by atoms with E-state index in [1.54, 1.807) is 7.05 Å². The maximum absolute atomic E-state index is 13.0. The van der Waals surface area contributed by atoms with Gasteiger partial charge in [-0.05, 0) is 17.5 Å². The third-order valence-corrected chi connectivity index (χ3v) is 5.52. The summed E-state index contributed by atoms with van der Waals surface area (Å²) in [5.41, 5.74) is 0.672. The zero-order chi connectivity index (χ0) is 21.1. The van der Waals surface area contributed by atoms with Crippen molar-refractivity contribution < 1.29 is 4.79 Å². The van der Waals surface area contributed by atoms with Gasteiger partial charge in [-0.2, -0.15) is 0 Å². The van der Waals surface area contributed by atoms with Crippen LogP contribution in [0.15, 0.2) is 52.2 Å². The van der Waals surface area contributed by atoms with Crippen LogP contribution in [-0.4, -0.2) is 20.0 Å². The van der Waals surface area contributed by atoms with Gasteiger partial charge in [-0.15, -0.1) is 0 Å². The smallest absolute Gasteiger partial charge is 0.332 e. The predicted octanol–water partition coefficient (Wildman–Crippen LogP) is 2.54. The summed E-state index contributed by atoms with van der Waals surface area (Å²) in [5, 5.41) is 3.36. The van der Waals surface area contributed by atoms with Crippen molar-refractivity contribution in [1.82, 2.24) is 19.4 Å². The van der Waals surface area contributed by atoms with E-state index < -0.39 is 11.2 Å². The molecule has 0 saturated heterocycles. The van der Waals surface area contributed by atoms with Crippen molar-refractivity contribution in [2.24, 2.45) is 20.0 Å². The van der Waals surface area contributed by atoms with E-state index in [0.717, 1.165) is 23.0 Å². The van der Waals surface area contributed by atoms with Gasteiger partial charge in [0, 0.05) is 20.3 Å². The molecule has 7 heteroatoms. The number of fused-ring (bicyclic) bond motifs is 1. The Kier molecular flexibility index (Phi) is 5.96. The molecule has 2 aromatic heterocycles. The first-order chi connectivity index (χ1) is 13.9. The first-order valence-electron chi connectivity index (χ1n) is 9.80. The van der Waals surface area contributed by atoms with Crippen LogP contribution in [-0.2, 0) is 14.1 Å². The first-order valence-corrected chi connectivity index (χ1v) is 9.80. The van der Waals surface area contributed by atoms with Crippen molar-refractivity contribution in [3.63, 3.8) is 0 Å². The van der Waals surface area contributed by atoms with E-state index in [4.69, 9.17) is 0 Å². The Morgan fingerprint density at radius 3 is 2.34 bits per heavy atom. The van der Waals surface area contributed by atoms with Gasteiger partial charge in [0.1, 0.15) is 5.65 Å². The molecule has 1 N–H and O–H groups in total. The van der Waals surface area contributed by atoms with Crippen molar-refractivity contribution in [1.29, 1.82) is 0 Å². The number of carbonyl (C=O) groups is 1. The van der Waals surface area contributed by atoms with E-state index in [0.29, 0.717) is 5.56 Å². The molecule has 7 nitrogen and oxygen atoms in total. The summed E-state index contributed by atoms with van der Waals surface area (Å²) < 4.78 is 2.32. The van der Waals surface area contributed by atoms with Gasteiger partial charge in [-0.25, -0.2) is 9.78 Å². The van der Waals surface area contributed by atoms with E-state index >= 15 is 0 Å². The quantitative estimate of drug-likeness (QED) is 0.696. The minimum atomic E-state index is -0.468. The van der Waals surface area contributed by atoms with Crippen LogP contribution in [0.4, 0.5) is 0 Å². The molecule has 3 aromatic rings. The maximum atomic E-state index is 13.0. The molecular formula is C22H26N4O3. The molecule has 0 saturated carbocycles. The molecule has 0 aliphatic rings. The molecule has 0 aliphatic carbocycles. The summed E-state index contributed by atoms with van der Waals surface area (Å²) in [5.74, 6) is -0.0143. The van der Waals surface area contributed by atoms with Gasteiger partial charge in [0.25, 0.3) is 11.5 Å². The van der Waals surface area contributed by atoms with E-state index in [-0.39, 0.29) is 28.9 Å². The summed E-state index contributed by atoms with van der Waals surface area (Å²) in [6, 6.07) is 11.2. The van der Waals surface area contributed by atoms with Crippen molar-refractivity contribution >= 4 is 16.9 Å². The van der Waals surface area contributed by atoms with Crippen LogP contribution in [0.2, 0.25) is 0 Å². The van der Waals surface area contributed by atoms with Crippen molar-refractivity contribution in [3.8, 4) is 0 Å². The van der Waals surface area contributed by atoms with Crippen LogP contribution in [0.5, 0.6) is 0 Å². The summed E-state index contributed by atoms with van der Waals surface area (Å²) in [7, 11) is 2.96. The Labute approximate surface area is 169 Å². The second-order valence-corrected chi connectivity index (χ2v) is 7.24. The average Bonchev–Trinajstić information content (AvgIpc) is 2.76. The first kappa shape index (κ1) is 20.5. The molecule has 1 atom stereocenters. The molecule has 0 aliphatic heterocycles. The largest absolute Gasteiger partial charge is 0.345 e. The number of amides is 1. The minimum absolute atomic E-state index is 0.141. The molecular weight excluding hydrogens is 368 g/mol. The van der Waals surface area contributed by atoms with Gasteiger partial charge in [0.05, 0.1) is 17.0 Å². The predicted molar refractivity (Wildman–Crippen MR) is 113 cm³/mol. The lowest BCUT2D eigenvalue weighted by Crippen LogP contribution is -2.37. The Morgan fingerprint density at radius 1 is 1.07 bits per heavy atom. The summed E-state index contributed by atoms with van der Waals surface area (Å²) >= 11 is 0. The lowest BCUT2D eigenvalue weighted by atomic mass is 9.88. The number of nitrogens with one attached hydrogen (secondary N) is 1. The highest BCUT2D eigenvalue weighted by Gasteiger charge is 2.23. The Morgan fingerprint density at radius 2 is 1.72 bits per heavy atom. The highest BCUT2D eigenvalue weighted by atomic mass is 16.2. The van der Waals surface area contributed by atoms with E-state index in [2.05, 4.69) is 24.1 Å². The van der Waals surface area contributed by atoms with Crippen LogP contribution < -0.4 is 16.6 Å². The zero-order valence-corrected chi connectivity index (χ0v) is 17.2. The molecule has 0 spiro atoms. The van der Waals surface area contributed by atoms with Crippen LogP contribution in [0, 0.1) is 5.92 Å². The van der Waals surface area contributed by atoms with Crippen molar-refractivity contribution in [3.05, 3.63) is 74.6 Å². The molecule has 3 rings (SSSR count). The highest BCUT2D eigenvalue weighted by molar-refractivity contribution is 5.97. The number of hydrogen-bond acceptors (Lipinski definition) is 4. The lowest BCUT2D eigenvalue weighted by Gasteiger charge is -2.27. The molecule has 0 fully saturated rings. The number of pyridine rings is 1. The second kappa shape index (κ2) is 8.43. The van der Waals surface area contributed by atoms with Gasteiger partial charge in [-0.1, -0.05) is 57.0 Å². The molecule has 1 aromatic carbocycles.